The first-order chi connectivity index (χ1) is 11.7. The van der Waals surface area contributed by atoms with Gasteiger partial charge in [-0.05, 0) is 30.5 Å². The number of anilines is 1. The third-order valence-electron chi connectivity index (χ3n) is 3.57. The topological polar surface area (TPSA) is 80.2 Å². The summed E-state index contributed by atoms with van der Waals surface area (Å²) in [6.45, 7) is 1.97. The first kappa shape index (κ1) is 17.8. The first-order valence-corrected chi connectivity index (χ1v) is 7.90. The predicted molar refractivity (Wildman–Crippen MR) is 92.1 cm³/mol. The highest BCUT2D eigenvalue weighted by molar-refractivity contribution is 5.92. The highest BCUT2D eigenvalue weighted by Gasteiger charge is 2.10. The lowest BCUT2D eigenvalue weighted by atomic mass is 10.2. The van der Waals surface area contributed by atoms with Crippen LogP contribution in [0.4, 0.5) is 5.82 Å². The highest BCUT2D eigenvalue weighted by atomic mass is 16.5. The third-order valence-corrected chi connectivity index (χ3v) is 3.57. The fraction of sp³-hybridized carbons (Fsp3) is 0.412. The lowest BCUT2D eigenvalue weighted by Gasteiger charge is -2.18. The van der Waals surface area contributed by atoms with Crippen LogP contribution in [0.5, 0.6) is 0 Å². The number of aromatic nitrogens is 3. The van der Waals surface area contributed by atoms with Gasteiger partial charge in [0.05, 0.1) is 0 Å². The first-order valence-electron chi connectivity index (χ1n) is 7.90. The van der Waals surface area contributed by atoms with Crippen molar-refractivity contribution in [2.45, 2.75) is 12.8 Å². The number of rotatable bonds is 9. The number of methoxy groups -OCH3 is 1. The minimum absolute atomic E-state index is 0.197. The van der Waals surface area contributed by atoms with Crippen LogP contribution < -0.4 is 10.2 Å². The second-order valence-corrected chi connectivity index (χ2v) is 5.39. The number of carbonyl (C=O) groups excluding carboxylic acids is 1. The van der Waals surface area contributed by atoms with Crippen molar-refractivity contribution in [1.29, 1.82) is 0 Å². The quantitative estimate of drug-likeness (QED) is 0.699. The van der Waals surface area contributed by atoms with E-state index in [4.69, 9.17) is 4.74 Å². The van der Waals surface area contributed by atoms with Gasteiger partial charge in [0, 0.05) is 52.3 Å². The summed E-state index contributed by atoms with van der Waals surface area (Å²) in [4.78, 5) is 26.4. The van der Waals surface area contributed by atoms with Crippen molar-refractivity contribution in [2.24, 2.45) is 0 Å². The van der Waals surface area contributed by atoms with Gasteiger partial charge >= 0.3 is 0 Å². The maximum absolute atomic E-state index is 12.1. The van der Waals surface area contributed by atoms with E-state index in [2.05, 4.69) is 20.3 Å². The van der Waals surface area contributed by atoms with Crippen LogP contribution in [0.25, 0.3) is 0 Å². The SMILES string of the molecule is COCCCNC(=O)c1cc(N(C)CCc2ccncc2)ncn1. The van der Waals surface area contributed by atoms with E-state index in [0.717, 1.165) is 25.2 Å². The van der Waals surface area contributed by atoms with E-state index >= 15 is 0 Å². The molecule has 128 valence electrons. The third kappa shape index (κ3) is 5.58. The Balaban J connectivity index is 1.90. The molecular formula is C17H23N5O2. The Morgan fingerprint density at radius 3 is 2.83 bits per heavy atom. The maximum atomic E-state index is 12.1. The zero-order valence-electron chi connectivity index (χ0n) is 14.1. The Hall–Kier alpha value is -2.54. The molecule has 0 spiro atoms. The summed E-state index contributed by atoms with van der Waals surface area (Å²) in [5, 5.41) is 2.82. The van der Waals surface area contributed by atoms with E-state index in [0.29, 0.717) is 18.8 Å². The average Bonchev–Trinajstić information content (AvgIpc) is 2.64. The Bertz CT molecular complexity index is 636. The molecule has 2 aromatic rings. The second-order valence-electron chi connectivity index (χ2n) is 5.39. The molecule has 0 fully saturated rings. The summed E-state index contributed by atoms with van der Waals surface area (Å²) in [6, 6.07) is 5.69. The van der Waals surface area contributed by atoms with Gasteiger partial charge in [-0.3, -0.25) is 9.78 Å². The molecule has 2 rings (SSSR count). The minimum Gasteiger partial charge on any atom is -0.385 e. The predicted octanol–water partition coefficient (Wildman–Crippen LogP) is 1.32. The van der Waals surface area contributed by atoms with Crippen LogP contribution in [0.1, 0.15) is 22.5 Å². The average molecular weight is 329 g/mol. The molecule has 7 heteroatoms. The summed E-state index contributed by atoms with van der Waals surface area (Å²) < 4.78 is 4.96. The summed E-state index contributed by atoms with van der Waals surface area (Å²) >= 11 is 0. The number of hydrogen-bond acceptors (Lipinski definition) is 6. The van der Waals surface area contributed by atoms with Crippen LogP contribution in [0.15, 0.2) is 36.9 Å². The van der Waals surface area contributed by atoms with Gasteiger partial charge in [0.2, 0.25) is 0 Å². The molecular weight excluding hydrogens is 306 g/mol. The second kappa shape index (κ2) is 9.57. The molecule has 0 bridgehead atoms. The number of pyridine rings is 1. The molecule has 1 amide bonds. The molecule has 0 aliphatic carbocycles. The number of carbonyl (C=O) groups is 1. The van der Waals surface area contributed by atoms with Gasteiger partial charge in [-0.1, -0.05) is 0 Å². The summed E-state index contributed by atoms with van der Waals surface area (Å²) in [5.74, 6) is 0.526. The Morgan fingerprint density at radius 2 is 2.08 bits per heavy atom. The molecule has 1 N–H and O–H groups in total. The minimum atomic E-state index is -0.197. The molecule has 2 aromatic heterocycles. The van der Waals surface area contributed by atoms with E-state index in [1.54, 1.807) is 25.6 Å². The number of ether oxygens (including phenoxy) is 1. The Kier molecular flexibility index (Phi) is 7.10. The lowest BCUT2D eigenvalue weighted by molar-refractivity contribution is 0.0943. The summed E-state index contributed by atoms with van der Waals surface area (Å²) in [5.41, 5.74) is 1.58. The van der Waals surface area contributed by atoms with Crippen LogP contribution in [0.2, 0.25) is 0 Å². The molecule has 0 unspecified atom stereocenters. The van der Waals surface area contributed by atoms with Crippen molar-refractivity contribution in [2.75, 3.05) is 38.8 Å². The number of likely N-dealkylation sites (N-methyl/N-ethyl adjacent to an activating group) is 1. The molecule has 0 radical (unpaired) electrons. The van der Waals surface area contributed by atoms with Gasteiger partial charge in [0.15, 0.2) is 0 Å². The number of nitrogens with zero attached hydrogens (tertiary/aromatic N) is 4. The van der Waals surface area contributed by atoms with Crippen molar-refractivity contribution < 1.29 is 9.53 Å². The molecule has 2 heterocycles. The van der Waals surface area contributed by atoms with Gasteiger partial charge in [-0.15, -0.1) is 0 Å². The maximum Gasteiger partial charge on any atom is 0.270 e. The van der Waals surface area contributed by atoms with E-state index < -0.39 is 0 Å². The molecule has 24 heavy (non-hydrogen) atoms. The molecule has 0 aromatic carbocycles. The molecule has 0 aliphatic heterocycles. The van der Waals surface area contributed by atoms with Crippen LogP contribution in [0.3, 0.4) is 0 Å². The Morgan fingerprint density at radius 1 is 1.29 bits per heavy atom. The van der Waals surface area contributed by atoms with Gasteiger partial charge in [0.25, 0.3) is 5.91 Å². The number of amides is 1. The monoisotopic (exact) mass is 329 g/mol. The number of hydrogen-bond donors (Lipinski definition) is 1. The smallest absolute Gasteiger partial charge is 0.270 e. The van der Waals surface area contributed by atoms with E-state index in [1.807, 2.05) is 24.1 Å². The van der Waals surface area contributed by atoms with Crippen LogP contribution in [-0.2, 0) is 11.2 Å². The van der Waals surface area contributed by atoms with Gasteiger partial charge in [-0.25, -0.2) is 9.97 Å². The molecule has 0 saturated carbocycles. The van der Waals surface area contributed by atoms with Gasteiger partial charge in [0.1, 0.15) is 17.8 Å². The van der Waals surface area contributed by atoms with Crippen molar-refractivity contribution >= 4 is 11.7 Å². The van der Waals surface area contributed by atoms with Crippen molar-refractivity contribution in [1.82, 2.24) is 20.3 Å². The summed E-state index contributed by atoms with van der Waals surface area (Å²) in [6.07, 6.45) is 6.63. The van der Waals surface area contributed by atoms with E-state index in [9.17, 15) is 4.79 Å². The Labute approximate surface area is 142 Å². The van der Waals surface area contributed by atoms with Crippen LogP contribution in [-0.4, -0.2) is 54.7 Å². The summed E-state index contributed by atoms with van der Waals surface area (Å²) in [7, 11) is 3.59. The molecule has 7 nitrogen and oxygen atoms in total. The van der Waals surface area contributed by atoms with Crippen LogP contribution >= 0.6 is 0 Å². The van der Waals surface area contributed by atoms with Crippen LogP contribution in [0, 0.1) is 0 Å². The van der Waals surface area contributed by atoms with Crippen molar-refractivity contribution in [3.05, 3.63) is 48.2 Å². The number of nitrogens with one attached hydrogen (secondary N) is 1. The molecule has 0 atom stereocenters. The zero-order valence-corrected chi connectivity index (χ0v) is 14.1. The largest absolute Gasteiger partial charge is 0.385 e. The molecule has 0 aliphatic rings. The van der Waals surface area contributed by atoms with Gasteiger partial charge < -0.3 is 15.0 Å². The fourth-order valence-corrected chi connectivity index (χ4v) is 2.15. The standard InChI is InChI=1S/C17H23N5O2/c1-22(10-6-14-4-8-18-9-5-14)16-12-15(20-13-21-16)17(23)19-7-3-11-24-2/h4-5,8-9,12-13H,3,6-7,10-11H2,1-2H3,(H,19,23). The van der Waals surface area contributed by atoms with Crippen molar-refractivity contribution in [3.63, 3.8) is 0 Å². The zero-order chi connectivity index (χ0) is 17.2. The van der Waals surface area contributed by atoms with E-state index in [1.165, 1.54) is 11.9 Å². The highest BCUT2D eigenvalue weighted by Crippen LogP contribution is 2.10. The van der Waals surface area contributed by atoms with Crippen molar-refractivity contribution in [3.8, 4) is 0 Å². The van der Waals surface area contributed by atoms with E-state index in [-0.39, 0.29) is 5.91 Å². The molecule has 0 saturated heterocycles. The lowest BCUT2D eigenvalue weighted by Crippen LogP contribution is -2.27. The fourth-order valence-electron chi connectivity index (χ4n) is 2.15. The van der Waals surface area contributed by atoms with Gasteiger partial charge in [-0.2, -0.15) is 0 Å². The normalized spacial score (nSPS) is 10.4.